The maximum atomic E-state index is 5.00. The van der Waals surface area contributed by atoms with Crippen molar-refractivity contribution >= 4 is 17.2 Å². The van der Waals surface area contributed by atoms with Gasteiger partial charge >= 0.3 is 0 Å². The van der Waals surface area contributed by atoms with Crippen LogP contribution in [0.4, 0.5) is 11.5 Å². The van der Waals surface area contributed by atoms with E-state index in [0.29, 0.717) is 0 Å². The molecule has 0 saturated heterocycles. The van der Waals surface area contributed by atoms with Crippen molar-refractivity contribution in [3.63, 3.8) is 0 Å². The predicted molar refractivity (Wildman–Crippen MR) is 82.9 cm³/mol. The van der Waals surface area contributed by atoms with Crippen molar-refractivity contribution in [3.05, 3.63) is 60.9 Å². The molecule has 4 rings (SSSR count). The topological polar surface area (TPSA) is 68.2 Å². The fraction of sp³-hybridized carbons (Fsp3) is 0.0625. The SMILES string of the molecule is Cc1cc2nccc(Nc3ccc(-c4cocn4)cc3)n2n1. The third kappa shape index (κ3) is 2.20. The minimum atomic E-state index is 0.820. The van der Waals surface area contributed by atoms with Gasteiger partial charge in [-0.25, -0.2) is 9.97 Å². The Labute approximate surface area is 126 Å². The molecule has 1 N–H and O–H groups in total. The average molecular weight is 291 g/mol. The number of nitrogens with one attached hydrogen (secondary N) is 1. The Kier molecular flexibility index (Phi) is 2.86. The molecule has 3 heterocycles. The second kappa shape index (κ2) is 5.00. The highest BCUT2D eigenvalue weighted by molar-refractivity contribution is 5.65. The number of aryl methyl sites for hydroxylation is 1. The molecule has 0 atom stereocenters. The lowest BCUT2D eigenvalue weighted by molar-refractivity contribution is 0.558. The van der Waals surface area contributed by atoms with Crippen LogP contribution in [0.3, 0.4) is 0 Å². The molecule has 0 unspecified atom stereocenters. The molecule has 0 radical (unpaired) electrons. The molecule has 0 aliphatic carbocycles. The molecular weight excluding hydrogens is 278 g/mol. The van der Waals surface area contributed by atoms with Gasteiger partial charge in [0, 0.05) is 23.5 Å². The van der Waals surface area contributed by atoms with Crippen molar-refractivity contribution in [1.82, 2.24) is 19.6 Å². The molecule has 3 aromatic heterocycles. The van der Waals surface area contributed by atoms with E-state index in [2.05, 4.69) is 20.4 Å². The summed E-state index contributed by atoms with van der Waals surface area (Å²) in [6.07, 6.45) is 4.82. The molecule has 0 fully saturated rings. The highest BCUT2D eigenvalue weighted by atomic mass is 16.3. The maximum Gasteiger partial charge on any atom is 0.181 e. The summed E-state index contributed by atoms with van der Waals surface area (Å²) in [5.74, 6) is 0.868. The van der Waals surface area contributed by atoms with Crippen molar-refractivity contribution in [2.45, 2.75) is 6.92 Å². The van der Waals surface area contributed by atoms with Crippen LogP contribution < -0.4 is 5.32 Å². The van der Waals surface area contributed by atoms with Crippen LogP contribution in [0, 0.1) is 6.92 Å². The summed E-state index contributed by atoms with van der Waals surface area (Å²) < 4.78 is 6.79. The summed E-state index contributed by atoms with van der Waals surface area (Å²) in [5, 5.41) is 7.79. The van der Waals surface area contributed by atoms with Gasteiger partial charge in [-0.3, -0.25) is 0 Å². The Morgan fingerprint density at radius 1 is 1.09 bits per heavy atom. The van der Waals surface area contributed by atoms with E-state index in [1.54, 1.807) is 17.0 Å². The second-order valence-corrected chi connectivity index (χ2v) is 4.96. The number of fused-ring (bicyclic) bond motifs is 1. The quantitative estimate of drug-likeness (QED) is 0.626. The highest BCUT2D eigenvalue weighted by Crippen LogP contribution is 2.22. The van der Waals surface area contributed by atoms with Gasteiger partial charge in [0.2, 0.25) is 0 Å². The van der Waals surface area contributed by atoms with E-state index in [0.717, 1.165) is 34.1 Å². The smallest absolute Gasteiger partial charge is 0.181 e. The van der Waals surface area contributed by atoms with Gasteiger partial charge in [-0.2, -0.15) is 9.61 Å². The van der Waals surface area contributed by atoms with Crippen LogP contribution >= 0.6 is 0 Å². The Morgan fingerprint density at radius 2 is 1.95 bits per heavy atom. The van der Waals surface area contributed by atoms with E-state index in [9.17, 15) is 0 Å². The molecule has 6 nitrogen and oxygen atoms in total. The number of oxazole rings is 1. The number of aromatic nitrogens is 4. The fourth-order valence-electron chi connectivity index (χ4n) is 2.33. The van der Waals surface area contributed by atoms with Crippen LogP contribution in [0.15, 0.2) is 59.7 Å². The van der Waals surface area contributed by atoms with E-state index in [4.69, 9.17) is 4.42 Å². The Hall–Kier alpha value is -3.15. The first-order valence-electron chi connectivity index (χ1n) is 6.87. The van der Waals surface area contributed by atoms with Crippen LogP contribution in [-0.2, 0) is 0 Å². The van der Waals surface area contributed by atoms with Crippen LogP contribution in [-0.4, -0.2) is 19.6 Å². The summed E-state index contributed by atoms with van der Waals surface area (Å²) in [4.78, 5) is 8.43. The number of hydrogen-bond donors (Lipinski definition) is 1. The first-order chi connectivity index (χ1) is 10.8. The molecule has 0 aliphatic heterocycles. The fourth-order valence-corrected chi connectivity index (χ4v) is 2.33. The number of nitrogens with zero attached hydrogens (tertiary/aromatic N) is 4. The van der Waals surface area contributed by atoms with Gasteiger partial charge < -0.3 is 9.73 Å². The lowest BCUT2D eigenvalue weighted by atomic mass is 10.1. The zero-order valence-electron chi connectivity index (χ0n) is 11.9. The minimum absolute atomic E-state index is 0.820. The number of rotatable bonds is 3. The summed E-state index contributed by atoms with van der Waals surface area (Å²) in [6.45, 7) is 1.95. The second-order valence-electron chi connectivity index (χ2n) is 4.96. The molecule has 0 bridgehead atoms. The van der Waals surface area contributed by atoms with Crippen molar-refractivity contribution in [2.75, 3.05) is 5.32 Å². The first-order valence-corrected chi connectivity index (χ1v) is 6.87. The van der Waals surface area contributed by atoms with Crippen LogP contribution in [0.5, 0.6) is 0 Å². The highest BCUT2D eigenvalue weighted by Gasteiger charge is 2.05. The van der Waals surface area contributed by atoms with E-state index >= 15 is 0 Å². The number of anilines is 2. The van der Waals surface area contributed by atoms with Gasteiger partial charge in [-0.05, 0) is 25.1 Å². The zero-order valence-corrected chi connectivity index (χ0v) is 11.9. The van der Waals surface area contributed by atoms with E-state index in [1.165, 1.54) is 6.39 Å². The number of hydrogen-bond acceptors (Lipinski definition) is 5. The summed E-state index contributed by atoms with van der Waals surface area (Å²) in [7, 11) is 0. The van der Waals surface area contributed by atoms with Crippen molar-refractivity contribution in [2.24, 2.45) is 0 Å². The summed E-state index contributed by atoms with van der Waals surface area (Å²) in [6, 6.07) is 11.8. The molecule has 0 saturated carbocycles. The maximum absolute atomic E-state index is 5.00. The molecule has 1 aromatic carbocycles. The van der Waals surface area contributed by atoms with Gasteiger partial charge in [0.1, 0.15) is 17.8 Å². The summed E-state index contributed by atoms with van der Waals surface area (Å²) >= 11 is 0. The van der Waals surface area contributed by atoms with Gasteiger partial charge in [0.05, 0.1) is 5.69 Å². The Morgan fingerprint density at radius 3 is 2.73 bits per heavy atom. The van der Waals surface area contributed by atoms with Crippen LogP contribution in [0.2, 0.25) is 0 Å². The molecule has 4 aromatic rings. The van der Waals surface area contributed by atoms with Crippen LogP contribution in [0.1, 0.15) is 5.69 Å². The lowest BCUT2D eigenvalue weighted by Gasteiger charge is -2.08. The first kappa shape index (κ1) is 12.6. The molecule has 22 heavy (non-hydrogen) atoms. The standard InChI is InChI=1S/C16H13N5O/c1-11-8-16-17-7-6-15(21(16)20-11)19-13-4-2-12(3-5-13)14-9-22-10-18-14/h2-10,19H,1H3. The van der Waals surface area contributed by atoms with Gasteiger partial charge in [-0.1, -0.05) is 12.1 Å². The normalized spacial score (nSPS) is 11.0. The van der Waals surface area contributed by atoms with Gasteiger partial charge in [0.15, 0.2) is 12.0 Å². The molecule has 108 valence electrons. The Balaban J connectivity index is 1.65. The third-order valence-electron chi connectivity index (χ3n) is 3.37. The molecule has 0 aliphatic rings. The number of benzene rings is 1. The van der Waals surface area contributed by atoms with Crippen LogP contribution in [0.25, 0.3) is 16.9 Å². The van der Waals surface area contributed by atoms with E-state index < -0.39 is 0 Å². The van der Waals surface area contributed by atoms with Crippen molar-refractivity contribution < 1.29 is 4.42 Å². The predicted octanol–water partition coefficient (Wildman–Crippen LogP) is 3.44. The van der Waals surface area contributed by atoms with Crippen molar-refractivity contribution in [1.29, 1.82) is 0 Å². The monoisotopic (exact) mass is 291 g/mol. The largest absolute Gasteiger partial charge is 0.451 e. The lowest BCUT2D eigenvalue weighted by Crippen LogP contribution is -2.00. The van der Waals surface area contributed by atoms with E-state index in [-0.39, 0.29) is 0 Å². The molecular formula is C16H13N5O. The Bertz CT molecular complexity index is 910. The third-order valence-corrected chi connectivity index (χ3v) is 3.37. The minimum Gasteiger partial charge on any atom is -0.451 e. The summed E-state index contributed by atoms with van der Waals surface area (Å²) in [5.41, 5.74) is 4.55. The average Bonchev–Trinajstić information content (AvgIpc) is 3.17. The van der Waals surface area contributed by atoms with E-state index in [1.807, 2.05) is 43.3 Å². The van der Waals surface area contributed by atoms with Gasteiger partial charge in [0.25, 0.3) is 0 Å². The molecule has 6 heteroatoms. The zero-order chi connectivity index (χ0) is 14.9. The molecule has 0 amide bonds. The van der Waals surface area contributed by atoms with Gasteiger partial charge in [-0.15, -0.1) is 0 Å². The molecule has 0 spiro atoms. The van der Waals surface area contributed by atoms with Crippen molar-refractivity contribution in [3.8, 4) is 11.3 Å².